The van der Waals surface area contributed by atoms with Gasteiger partial charge in [0.1, 0.15) is 23.9 Å². The van der Waals surface area contributed by atoms with Crippen LogP contribution in [0, 0.1) is 12.7 Å². The summed E-state index contributed by atoms with van der Waals surface area (Å²) >= 11 is 0. The molecule has 0 aliphatic heterocycles. The summed E-state index contributed by atoms with van der Waals surface area (Å²) in [5.74, 6) is 0.667. The third kappa shape index (κ3) is 3.74. The largest absolute Gasteiger partial charge is 0.497 e. The fraction of sp³-hybridized carbons (Fsp3) is 0.200. The Balaban J connectivity index is 2.14. The topological polar surface area (TPSA) is 58.9 Å². The van der Waals surface area contributed by atoms with Crippen LogP contribution in [0.1, 0.15) is 11.1 Å². The standard InChI is InChI=1S/C15H16BFO4/c1-10-7-12(17)4-6-14(10)21-9-11-3-5-15(20-2)13(8-11)16(18)19/h3-8,18-19H,9H2,1-2H3. The molecule has 2 N–H and O–H groups in total. The zero-order chi connectivity index (χ0) is 15.4. The van der Waals surface area contributed by atoms with Gasteiger partial charge in [0.15, 0.2) is 0 Å². The Morgan fingerprint density at radius 2 is 1.81 bits per heavy atom. The molecule has 0 amide bonds. The van der Waals surface area contributed by atoms with Crippen LogP contribution in [0.4, 0.5) is 4.39 Å². The highest BCUT2D eigenvalue weighted by Gasteiger charge is 2.17. The molecule has 0 radical (unpaired) electrons. The van der Waals surface area contributed by atoms with Gasteiger partial charge in [-0.25, -0.2) is 4.39 Å². The average Bonchev–Trinajstić information content (AvgIpc) is 2.46. The third-order valence-electron chi connectivity index (χ3n) is 3.10. The van der Waals surface area contributed by atoms with E-state index in [1.165, 1.54) is 19.2 Å². The predicted octanol–water partition coefficient (Wildman–Crippen LogP) is 1.40. The SMILES string of the molecule is COc1ccc(COc2ccc(F)cc2C)cc1B(O)O. The van der Waals surface area contributed by atoms with Crippen LogP contribution in [0.5, 0.6) is 11.5 Å². The van der Waals surface area contributed by atoms with Gasteiger partial charge in [-0.1, -0.05) is 12.1 Å². The zero-order valence-electron chi connectivity index (χ0n) is 11.8. The summed E-state index contributed by atoms with van der Waals surface area (Å²) in [6.45, 7) is 1.99. The molecule has 0 fully saturated rings. The summed E-state index contributed by atoms with van der Waals surface area (Å²) < 4.78 is 23.7. The minimum Gasteiger partial charge on any atom is -0.497 e. The Morgan fingerprint density at radius 1 is 1.10 bits per heavy atom. The quantitative estimate of drug-likeness (QED) is 0.817. The lowest BCUT2D eigenvalue weighted by Crippen LogP contribution is -2.31. The number of halogens is 1. The predicted molar refractivity (Wildman–Crippen MR) is 78.3 cm³/mol. The van der Waals surface area contributed by atoms with Gasteiger partial charge in [0.2, 0.25) is 0 Å². The lowest BCUT2D eigenvalue weighted by Gasteiger charge is -2.12. The second-order valence-corrected chi connectivity index (χ2v) is 4.65. The van der Waals surface area contributed by atoms with Crippen LogP contribution in [0.25, 0.3) is 0 Å². The van der Waals surface area contributed by atoms with E-state index >= 15 is 0 Å². The average molecular weight is 290 g/mol. The Labute approximate surface area is 122 Å². The molecule has 2 rings (SSSR count). The molecule has 0 heterocycles. The van der Waals surface area contributed by atoms with Gasteiger partial charge in [0.05, 0.1) is 7.11 Å². The van der Waals surface area contributed by atoms with Crippen LogP contribution in [0.15, 0.2) is 36.4 Å². The third-order valence-corrected chi connectivity index (χ3v) is 3.10. The van der Waals surface area contributed by atoms with Crippen LogP contribution in [0.2, 0.25) is 0 Å². The lowest BCUT2D eigenvalue weighted by molar-refractivity contribution is 0.303. The van der Waals surface area contributed by atoms with E-state index < -0.39 is 7.12 Å². The molecule has 0 aromatic heterocycles. The van der Waals surface area contributed by atoms with Crippen molar-refractivity contribution < 1.29 is 23.9 Å². The van der Waals surface area contributed by atoms with Gasteiger partial charge in [0, 0.05) is 5.46 Å². The second-order valence-electron chi connectivity index (χ2n) is 4.65. The minimum absolute atomic E-state index is 0.232. The van der Waals surface area contributed by atoms with Gasteiger partial charge in [0.25, 0.3) is 0 Å². The van der Waals surface area contributed by atoms with Gasteiger partial charge in [-0.05, 0) is 42.3 Å². The molecule has 0 unspecified atom stereocenters. The Morgan fingerprint density at radius 3 is 2.43 bits per heavy atom. The molecule has 0 spiro atoms. The first-order valence-corrected chi connectivity index (χ1v) is 6.43. The van der Waals surface area contributed by atoms with Crippen molar-refractivity contribution in [2.24, 2.45) is 0 Å². The zero-order valence-corrected chi connectivity index (χ0v) is 11.8. The van der Waals surface area contributed by atoms with Gasteiger partial charge in [-0.2, -0.15) is 0 Å². The normalized spacial score (nSPS) is 10.3. The monoisotopic (exact) mass is 290 g/mol. The highest BCUT2D eigenvalue weighted by atomic mass is 19.1. The highest BCUT2D eigenvalue weighted by Crippen LogP contribution is 2.20. The van der Waals surface area contributed by atoms with Crippen molar-refractivity contribution in [2.45, 2.75) is 13.5 Å². The van der Waals surface area contributed by atoms with Crippen LogP contribution in [-0.4, -0.2) is 24.3 Å². The number of rotatable bonds is 5. The maximum Gasteiger partial charge on any atom is 0.492 e. The Hall–Kier alpha value is -2.05. The van der Waals surface area contributed by atoms with Gasteiger partial charge >= 0.3 is 7.12 Å². The fourth-order valence-electron chi connectivity index (χ4n) is 2.01. The van der Waals surface area contributed by atoms with Crippen LogP contribution < -0.4 is 14.9 Å². The first kappa shape index (κ1) is 15.3. The molecule has 2 aromatic carbocycles. The first-order chi connectivity index (χ1) is 10.0. The van der Waals surface area contributed by atoms with E-state index in [2.05, 4.69) is 0 Å². The summed E-state index contributed by atoms with van der Waals surface area (Å²) in [5.41, 5.74) is 1.72. The van der Waals surface area contributed by atoms with Gasteiger partial charge < -0.3 is 19.5 Å². The molecule has 0 aliphatic carbocycles. The van der Waals surface area contributed by atoms with Crippen molar-refractivity contribution in [3.63, 3.8) is 0 Å². The summed E-state index contributed by atoms with van der Waals surface area (Å²) in [4.78, 5) is 0. The van der Waals surface area contributed by atoms with Crippen molar-refractivity contribution in [1.82, 2.24) is 0 Å². The molecule has 0 atom stereocenters. The van der Waals surface area contributed by atoms with Crippen LogP contribution in [0.3, 0.4) is 0 Å². The molecule has 0 bridgehead atoms. The molecule has 0 saturated carbocycles. The van der Waals surface area contributed by atoms with E-state index in [9.17, 15) is 14.4 Å². The molecule has 4 nitrogen and oxygen atoms in total. The van der Waals surface area contributed by atoms with Crippen LogP contribution >= 0.6 is 0 Å². The van der Waals surface area contributed by atoms with E-state index in [0.29, 0.717) is 17.1 Å². The van der Waals surface area contributed by atoms with E-state index in [-0.39, 0.29) is 17.9 Å². The Bertz CT molecular complexity index is 631. The molecule has 0 aliphatic rings. The van der Waals surface area contributed by atoms with Crippen molar-refractivity contribution in [3.8, 4) is 11.5 Å². The number of hydrogen-bond acceptors (Lipinski definition) is 4. The summed E-state index contributed by atoms with van der Waals surface area (Å²) in [6.07, 6.45) is 0. The van der Waals surface area contributed by atoms with Gasteiger partial charge in [-0.15, -0.1) is 0 Å². The molecule has 21 heavy (non-hydrogen) atoms. The number of hydrogen-bond donors (Lipinski definition) is 2. The first-order valence-electron chi connectivity index (χ1n) is 6.43. The molecule has 0 saturated heterocycles. The molecule has 6 heteroatoms. The van der Waals surface area contributed by atoms with E-state index in [0.717, 1.165) is 5.56 Å². The fourth-order valence-corrected chi connectivity index (χ4v) is 2.01. The van der Waals surface area contributed by atoms with E-state index in [1.807, 2.05) is 0 Å². The highest BCUT2D eigenvalue weighted by molar-refractivity contribution is 6.59. The number of methoxy groups -OCH3 is 1. The molecular weight excluding hydrogens is 274 g/mol. The molecule has 110 valence electrons. The number of benzene rings is 2. The number of ether oxygens (including phenoxy) is 2. The molecular formula is C15H16BFO4. The lowest BCUT2D eigenvalue weighted by atomic mass is 9.79. The van der Waals surface area contributed by atoms with Crippen molar-refractivity contribution in [1.29, 1.82) is 0 Å². The van der Waals surface area contributed by atoms with E-state index in [1.54, 1.807) is 31.2 Å². The van der Waals surface area contributed by atoms with E-state index in [4.69, 9.17) is 9.47 Å². The van der Waals surface area contributed by atoms with Crippen molar-refractivity contribution in [2.75, 3.05) is 7.11 Å². The maximum absolute atomic E-state index is 13.0. The Kier molecular flexibility index (Phi) is 4.83. The smallest absolute Gasteiger partial charge is 0.492 e. The number of aryl methyl sites for hydroxylation is 1. The maximum atomic E-state index is 13.0. The molecule has 2 aromatic rings. The van der Waals surface area contributed by atoms with Crippen molar-refractivity contribution in [3.05, 3.63) is 53.3 Å². The summed E-state index contributed by atoms with van der Waals surface area (Å²) in [5, 5.41) is 18.6. The van der Waals surface area contributed by atoms with Crippen molar-refractivity contribution >= 4 is 12.6 Å². The van der Waals surface area contributed by atoms with Gasteiger partial charge in [-0.3, -0.25) is 0 Å². The summed E-state index contributed by atoms with van der Waals surface area (Å²) in [7, 11) is -0.160. The minimum atomic E-state index is -1.62. The second kappa shape index (κ2) is 6.60. The van der Waals surface area contributed by atoms with Crippen LogP contribution in [-0.2, 0) is 6.61 Å². The summed E-state index contributed by atoms with van der Waals surface area (Å²) in [6, 6.07) is 9.30.